The fourth-order valence-electron chi connectivity index (χ4n) is 5.87. The number of benzene rings is 2. The molecule has 3 aromatic rings. The Morgan fingerprint density at radius 1 is 0.792 bits per heavy atom. The van der Waals surface area contributed by atoms with Crippen molar-refractivity contribution >= 4 is 46.4 Å². The molecule has 13 heteroatoms. The summed E-state index contributed by atoms with van der Waals surface area (Å²) in [6.45, 7) is 5.66. The van der Waals surface area contributed by atoms with Crippen molar-refractivity contribution in [3.05, 3.63) is 71.6 Å². The first-order valence-corrected chi connectivity index (χ1v) is 16.4. The molecule has 256 valence electrons. The molecule has 0 aliphatic carbocycles. The average Bonchev–Trinajstić information content (AvgIpc) is 3.59. The SMILES string of the molecule is CCCCCCCCCC(=O)n1nc(N2CCN(CCN3C(=O)c4ccccc4C3=O)CC2)c2c(F)cccc21.O=C(O)/C=C\C(=O)O. The zero-order chi connectivity index (χ0) is 34.6. The monoisotopic (exact) mass is 663 g/mol. The van der Waals surface area contributed by atoms with Gasteiger partial charge in [-0.25, -0.2) is 14.0 Å². The maximum absolute atomic E-state index is 15.0. The summed E-state index contributed by atoms with van der Waals surface area (Å²) in [5, 5.41) is 20.6. The fourth-order valence-corrected chi connectivity index (χ4v) is 5.87. The van der Waals surface area contributed by atoms with Crippen molar-refractivity contribution < 1.29 is 38.6 Å². The van der Waals surface area contributed by atoms with Gasteiger partial charge in [-0.2, -0.15) is 4.68 Å². The number of carbonyl (C=O) groups is 5. The highest BCUT2D eigenvalue weighted by atomic mass is 19.1. The maximum atomic E-state index is 15.0. The third kappa shape index (κ3) is 9.12. The van der Waals surface area contributed by atoms with E-state index in [-0.39, 0.29) is 23.5 Å². The summed E-state index contributed by atoms with van der Waals surface area (Å²) in [7, 11) is 0. The van der Waals surface area contributed by atoms with E-state index in [1.54, 1.807) is 36.4 Å². The van der Waals surface area contributed by atoms with Crippen LogP contribution in [0.5, 0.6) is 0 Å². The van der Waals surface area contributed by atoms with Gasteiger partial charge in [-0.05, 0) is 30.7 Å². The van der Waals surface area contributed by atoms with E-state index < -0.39 is 11.9 Å². The number of imide groups is 1. The van der Waals surface area contributed by atoms with Gasteiger partial charge in [0.15, 0.2) is 5.82 Å². The van der Waals surface area contributed by atoms with Crippen molar-refractivity contribution in [1.82, 2.24) is 19.6 Å². The summed E-state index contributed by atoms with van der Waals surface area (Å²) in [5.41, 5.74) is 1.43. The van der Waals surface area contributed by atoms with E-state index in [0.29, 0.717) is 85.7 Å². The number of carbonyl (C=O) groups excluding carboxylic acids is 3. The second kappa shape index (κ2) is 17.3. The Morgan fingerprint density at radius 3 is 1.96 bits per heavy atom. The fraction of sp³-hybridized carbons (Fsp3) is 0.429. The molecular formula is C35H42FN5O7. The first-order chi connectivity index (χ1) is 23.1. The van der Waals surface area contributed by atoms with Crippen LogP contribution < -0.4 is 4.90 Å². The third-order valence-electron chi connectivity index (χ3n) is 8.43. The number of amides is 2. The Bertz CT molecular complexity index is 1610. The van der Waals surface area contributed by atoms with E-state index in [1.165, 1.54) is 41.3 Å². The van der Waals surface area contributed by atoms with Crippen LogP contribution in [-0.2, 0) is 9.59 Å². The summed E-state index contributed by atoms with van der Waals surface area (Å²) in [6.07, 6.45) is 9.38. The summed E-state index contributed by atoms with van der Waals surface area (Å²) < 4.78 is 16.4. The van der Waals surface area contributed by atoms with Gasteiger partial charge in [-0.3, -0.25) is 24.2 Å². The zero-order valence-electron chi connectivity index (χ0n) is 27.1. The molecule has 48 heavy (non-hydrogen) atoms. The Morgan fingerprint density at radius 2 is 1.38 bits per heavy atom. The average molecular weight is 664 g/mol. The van der Waals surface area contributed by atoms with Gasteiger partial charge < -0.3 is 15.1 Å². The number of rotatable bonds is 14. The summed E-state index contributed by atoms with van der Waals surface area (Å²) in [5.74, 6) is -2.98. The van der Waals surface area contributed by atoms with E-state index in [9.17, 15) is 24.0 Å². The van der Waals surface area contributed by atoms with Crippen molar-refractivity contribution in [1.29, 1.82) is 0 Å². The van der Waals surface area contributed by atoms with Gasteiger partial charge >= 0.3 is 11.9 Å². The molecule has 0 atom stereocenters. The molecule has 0 saturated carbocycles. The van der Waals surface area contributed by atoms with Gasteiger partial charge in [0.1, 0.15) is 5.82 Å². The first kappa shape index (κ1) is 35.9. The van der Waals surface area contributed by atoms with Crippen molar-refractivity contribution in [2.45, 2.75) is 58.3 Å². The number of anilines is 1. The van der Waals surface area contributed by atoms with Crippen LogP contribution in [0.3, 0.4) is 0 Å². The van der Waals surface area contributed by atoms with E-state index in [2.05, 4.69) is 16.9 Å². The molecule has 2 aliphatic rings. The lowest BCUT2D eigenvalue weighted by molar-refractivity contribution is -0.134. The van der Waals surface area contributed by atoms with Crippen LogP contribution in [0.1, 0.15) is 83.8 Å². The van der Waals surface area contributed by atoms with E-state index in [1.807, 2.05) is 4.90 Å². The molecule has 0 unspecified atom stereocenters. The lowest BCUT2D eigenvalue weighted by atomic mass is 10.1. The van der Waals surface area contributed by atoms with Gasteiger partial charge in [0.2, 0.25) is 5.91 Å². The molecular weight excluding hydrogens is 621 g/mol. The van der Waals surface area contributed by atoms with Gasteiger partial charge in [-0.1, -0.05) is 63.6 Å². The minimum Gasteiger partial charge on any atom is -0.478 e. The minimum atomic E-state index is -1.26. The Hall–Kier alpha value is -4.91. The van der Waals surface area contributed by atoms with Crippen molar-refractivity contribution in [2.24, 2.45) is 0 Å². The van der Waals surface area contributed by atoms with E-state index >= 15 is 4.39 Å². The van der Waals surface area contributed by atoms with Crippen LogP contribution in [0.25, 0.3) is 10.9 Å². The minimum absolute atomic E-state index is 0.102. The molecule has 0 radical (unpaired) electrons. The topological polar surface area (TPSA) is 153 Å². The van der Waals surface area contributed by atoms with E-state index in [0.717, 1.165) is 19.3 Å². The lowest BCUT2D eigenvalue weighted by Gasteiger charge is -2.35. The van der Waals surface area contributed by atoms with Crippen LogP contribution >= 0.6 is 0 Å². The van der Waals surface area contributed by atoms with Crippen LogP contribution in [-0.4, -0.2) is 98.7 Å². The molecule has 2 N–H and O–H groups in total. The number of aliphatic carboxylic acids is 2. The molecule has 3 heterocycles. The van der Waals surface area contributed by atoms with Gasteiger partial charge in [0, 0.05) is 57.8 Å². The molecule has 0 spiro atoms. The molecule has 1 aromatic heterocycles. The number of halogens is 1. The lowest BCUT2D eigenvalue weighted by Crippen LogP contribution is -2.49. The number of unbranched alkanes of at least 4 members (excludes halogenated alkanes) is 6. The molecule has 2 aromatic carbocycles. The highest BCUT2D eigenvalue weighted by Crippen LogP contribution is 2.30. The molecule has 2 amide bonds. The number of hydrogen-bond acceptors (Lipinski definition) is 8. The van der Waals surface area contributed by atoms with Crippen LogP contribution in [0, 0.1) is 5.82 Å². The maximum Gasteiger partial charge on any atom is 0.328 e. The molecule has 12 nitrogen and oxygen atoms in total. The number of aromatic nitrogens is 2. The third-order valence-corrected chi connectivity index (χ3v) is 8.43. The number of hydrogen-bond donors (Lipinski definition) is 2. The predicted octanol–water partition coefficient (Wildman–Crippen LogP) is 5.09. The smallest absolute Gasteiger partial charge is 0.328 e. The summed E-state index contributed by atoms with van der Waals surface area (Å²) >= 11 is 0. The molecule has 1 saturated heterocycles. The highest BCUT2D eigenvalue weighted by molar-refractivity contribution is 6.21. The molecule has 5 rings (SSSR count). The highest BCUT2D eigenvalue weighted by Gasteiger charge is 2.35. The summed E-state index contributed by atoms with van der Waals surface area (Å²) in [4.78, 5) is 63.1. The van der Waals surface area contributed by atoms with E-state index in [4.69, 9.17) is 10.2 Å². The van der Waals surface area contributed by atoms with Gasteiger partial charge in [0.05, 0.1) is 22.0 Å². The predicted molar refractivity (Wildman–Crippen MR) is 178 cm³/mol. The summed E-state index contributed by atoms with van der Waals surface area (Å²) in [6, 6.07) is 11.7. The Kier molecular flexibility index (Phi) is 13.0. The van der Waals surface area contributed by atoms with Gasteiger partial charge in [-0.15, -0.1) is 5.10 Å². The number of nitrogens with zero attached hydrogens (tertiary/aromatic N) is 5. The second-order valence-electron chi connectivity index (χ2n) is 11.8. The largest absolute Gasteiger partial charge is 0.478 e. The van der Waals surface area contributed by atoms with Crippen molar-refractivity contribution in [2.75, 3.05) is 44.2 Å². The molecule has 0 bridgehead atoms. The van der Waals surface area contributed by atoms with Crippen molar-refractivity contribution in [3.8, 4) is 0 Å². The van der Waals surface area contributed by atoms with Crippen molar-refractivity contribution in [3.63, 3.8) is 0 Å². The number of carboxylic acids is 2. The standard InChI is InChI=1S/C31H38FN5O3.C4H4O4/c1-2-3-4-5-6-7-8-16-27(38)37-26-15-11-14-25(32)28(26)29(33-37)35-20-17-34(18-21-35)19-22-36-30(39)23-12-9-10-13-24(23)31(36)40;5-3(6)1-2-4(7)8/h9-15H,2-8,16-22H2,1H3;1-2H,(H,5,6)(H,7,8)/b;2-1-. The quantitative estimate of drug-likeness (QED) is 0.136. The van der Waals surface area contributed by atoms with Gasteiger partial charge in [0.25, 0.3) is 11.8 Å². The number of fused-ring (bicyclic) bond motifs is 2. The second-order valence-corrected chi connectivity index (χ2v) is 11.8. The Labute approximate surface area is 278 Å². The number of carboxylic acid groups (broad SMARTS) is 2. The Balaban J connectivity index is 0.000000579. The van der Waals surface area contributed by atoms with Crippen LogP contribution in [0.2, 0.25) is 0 Å². The van der Waals surface area contributed by atoms with Crippen LogP contribution in [0.4, 0.5) is 10.2 Å². The van der Waals surface area contributed by atoms with Crippen LogP contribution in [0.15, 0.2) is 54.6 Å². The zero-order valence-corrected chi connectivity index (χ0v) is 27.1. The number of piperazine rings is 1. The normalized spacial score (nSPS) is 14.8. The molecule has 1 fully saturated rings. The first-order valence-electron chi connectivity index (χ1n) is 16.4. The molecule has 2 aliphatic heterocycles.